The predicted octanol–water partition coefficient (Wildman–Crippen LogP) is 0.655. The highest BCUT2D eigenvalue weighted by Crippen LogP contribution is 2.28. The number of sulfonamides is 1. The van der Waals surface area contributed by atoms with Gasteiger partial charge in [0.25, 0.3) is 0 Å². The molecule has 1 aromatic heterocycles. The first kappa shape index (κ1) is 20.3. The maximum Gasteiger partial charge on any atom is 0.244 e. The third-order valence-electron chi connectivity index (χ3n) is 4.00. The Balaban J connectivity index is 0.00000264. The first-order valence-electron chi connectivity index (χ1n) is 7.06. The third-order valence-corrected chi connectivity index (χ3v) is 6.91. The standard InChI is InChI=1S/C13H21N3O4S2.ClH/c1-10-4-3-7-16(12(10)8-14)22(19,20)11-5-6-13(15-9-11)21(2,17)18;/h5-6,9-10,12H,3-4,7-8,14H2,1-2H3;1H. The van der Waals surface area contributed by atoms with E-state index in [0.717, 1.165) is 25.3 Å². The second kappa shape index (κ2) is 7.43. The van der Waals surface area contributed by atoms with E-state index in [1.807, 2.05) is 6.92 Å². The average molecular weight is 384 g/mol. The van der Waals surface area contributed by atoms with E-state index in [1.165, 1.54) is 16.4 Å². The molecule has 0 spiro atoms. The van der Waals surface area contributed by atoms with E-state index in [4.69, 9.17) is 5.73 Å². The van der Waals surface area contributed by atoms with Gasteiger partial charge in [0.1, 0.15) is 4.90 Å². The molecule has 2 atom stereocenters. The maximum atomic E-state index is 12.7. The van der Waals surface area contributed by atoms with Crippen molar-refractivity contribution in [2.45, 2.75) is 35.7 Å². The molecule has 1 saturated heterocycles. The van der Waals surface area contributed by atoms with Gasteiger partial charge in [0, 0.05) is 31.6 Å². The molecule has 7 nitrogen and oxygen atoms in total. The fourth-order valence-corrected chi connectivity index (χ4v) is 5.01. The van der Waals surface area contributed by atoms with Gasteiger partial charge in [0.05, 0.1) is 0 Å². The number of nitrogens with zero attached hydrogens (tertiary/aromatic N) is 2. The number of nitrogens with two attached hydrogens (primary N) is 1. The molecule has 1 aromatic rings. The highest BCUT2D eigenvalue weighted by Gasteiger charge is 2.36. The molecule has 2 unspecified atom stereocenters. The lowest BCUT2D eigenvalue weighted by molar-refractivity contribution is 0.192. The fourth-order valence-electron chi connectivity index (χ4n) is 2.73. The summed E-state index contributed by atoms with van der Waals surface area (Å²) in [5, 5.41) is -0.145. The first-order chi connectivity index (χ1) is 10.2. The Hall–Kier alpha value is -0.740. The van der Waals surface area contributed by atoms with Gasteiger partial charge in [0.15, 0.2) is 14.9 Å². The number of rotatable bonds is 4. The first-order valence-corrected chi connectivity index (χ1v) is 10.4. The summed E-state index contributed by atoms with van der Waals surface area (Å²) in [5.74, 6) is 0.191. The minimum atomic E-state index is -3.72. The minimum Gasteiger partial charge on any atom is -0.329 e. The second-order valence-corrected chi connectivity index (χ2v) is 9.50. The van der Waals surface area contributed by atoms with Crippen molar-refractivity contribution in [1.82, 2.24) is 9.29 Å². The number of hydrogen-bond acceptors (Lipinski definition) is 6. The molecule has 2 N–H and O–H groups in total. The Kier molecular flexibility index (Phi) is 6.56. The molecule has 0 amide bonds. The van der Waals surface area contributed by atoms with Crippen LogP contribution >= 0.6 is 12.4 Å². The lowest BCUT2D eigenvalue weighted by Gasteiger charge is -2.38. The molecule has 132 valence electrons. The van der Waals surface area contributed by atoms with Gasteiger partial charge >= 0.3 is 0 Å². The molecule has 0 aliphatic carbocycles. The van der Waals surface area contributed by atoms with Crippen LogP contribution in [-0.4, -0.2) is 51.5 Å². The van der Waals surface area contributed by atoms with Gasteiger partial charge in [0.2, 0.25) is 10.0 Å². The number of hydrogen-bond donors (Lipinski definition) is 1. The molecule has 2 rings (SSSR count). The van der Waals surface area contributed by atoms with Crippen LogP contribution in [0.2, 0.25) is 0 Å². The van der Waals surface area contributed by atoms with Gasteiger partial charge in [-0.15, -0.1) is 12.4 Å². The number of pyridine rings is 1. The summed E-state index contributed by atoms with van der Waals surface area (Å²) < 4.78 is 49.7. The SMILES string of the molecule is CC1CCCN(S(=O)(=O)c2ccc(S(C)(=O)=O)nc2)C1CN.Cl. The monoisotopic (exact) mass is 383 g/mol. The molecule has 1 fully saturated rings. The minimum absolute atomic E-state index is 0. The van der Waals surface area contributed by atoms with Crippen LogP contribution in [0.5, 0.6) is 0 Å². The molecule has 0 aromatic carbocycles. The van der Waals surface area contributed by atoms with Crippen LogP contribution in [0.3, 0.4) is 0 Å². The van der Waals surface area contributed by atoms with Gasteiger partial charge in [-0.3, -0.25) is 0 Å². The van der Waals surface area contributed by atoms with E-state index in [9.17, 15) is 16.8 Å². The summed E-state index contributed by atoms with van der Waals surface area (Å²) in [6, 6.07) is 2.26. The molecule has 0 bridgehead atoms. The van der Waals surface area contributed by atoms with Gasteiger partial charge in [-0.2, -0.15) is 4.31 Å². The summed E-state index contributed by atoms with van der Waals surface area (Å²) in [4.78, 5) is 3.75. The van der Waals surface area contributed by atoms with Crippen molar-refractivity contribution in [3.05, 3.63) is 18.3 Å². The second-order valence-electron chi connectivity index (χ2n) is 5.64. The molecule has 2 heterocycles. The lowest BCUT2D eigenvalue weighted by atomic mass is 9.93. The van der Waals surface area contributed by atoms with E-state index >= 15 is 0 Å². The Morgan fingerprint density at radius 1 is 1.30 bits per heavy atom. The van der Waals surface area contributed by atoms with Crippen LogP contribution in [-0.2, 0) is 19.9 Å². The van der Waals surface area contributed by atoms with Crippen LogP contribution in [0.15, 0.2) is 28.3 Å². The van der Waals surface area contributed by atoms with E-state index in [-0.39, 0.29) is 40.8 Å². The molecule has 23 heavy (non-hydrogen) atoms. The van der Waals surface area contributed by atoms with Crippen molar-refractivity contribution in [2.75, 3.05) is 19.3 Å². The summed E-state index contributed by atoms with van der Waals surface area (Å²) in [6.07, 6.45) is 3.85. The molecular weight excluding hydrogens is 362 g/mol. The summed E-state index contributed by atoms with van der Waals surface area (Å²) in [7, 11) is -7.18. The number of piperidine rings is 1. The zero-order valence-corrected chi connectivity index (χ0v) is 15.5. The Bertz CT molecular complexity index is 735. The van der Waals surface area contributed by atoms with Crippen molar-refractivity contribution in [3.8, 4) is 0 Å². The Morgan fingerprint density at radius 2 is 1.96 bits per heavy atom. The molecule has 0 radical (unpaired) electrons. The van der Waals surface area contributed by atoms with Crippen molar-refractivity contribution >= 4 is 32.3 Å². The van der Waals surface area contributed by atoms with Crippen molar-refractivity contribution in [1.29, 1.82) is 0 Å². The smallest absolute Gasteiger partial charge is 0.244 e. The van der Waals surface area contributed by atoms with E-state index in [2.05, 4.69) is 4.98 Å². The highest BCUT2D eigenvalue weighted by molar-refractivity contribution is 7.90. The Morgan fingerprint density at radius 3 is 2.43 bits per heavy atom. The maximum absolute atomic E-state index is 12.7. The highest BCUT2D eigenvalue weighted by atomic mass is 35.5. The van der Waals surface area contributed by atoms with Crippen LogP contribution in [0.1, 0.15) is 19.8 Å². The molecule has 10 heteroatoms. The average Bonchev–Trinajstić information content (AvgIpc) is 2.46. The fraction of sp³-hybridized carbons (Fsp3) is 0.615. The zero-order chi connectivity index (χ0) is 16.5. The van der Waals surface area contributed by atoms with Crippen LogP contribution in [0.4, 0.5) is 0 Å². The van der Waals surface area contributed by atoms with Crippen molar-refractivity contribution < 1.29 is 16.8 Å². The van der Waals surface area contributed by atoms with Crippen molar-refractivity contribution in [2.24, 2.45) is 11.7 Å². The van der Waals surface area contributed by atoms with Crippen LogP contribution in [0.25, 0.3) is 0 Å². The number of sulfone groups is 1. The van der Waals surface area contributed by atoms with Gasteiger partial charge < -0.3 is 5.73 Å². The largest absolute Gasteiger partial charge is 0.329 e. The topological polar surface area (TPSA) is 110 Å². The molecular formula is C13H22ClN3O4S2. The van der Waals surface area contributed by atoms with E-state index in [1.54, 1.807) is 0 Å². The number of aromatic nitrogens is 1. The zero-order valence-electron chi connectivity index (χ0n) is 13.0. The lowest BCUT2D eigenvalue weighted by Crippen LogP contribution is -2.51. The third kappa shape index (κ3) is 4.21. The summed E-state index contributed by atoms with van der Waals surface area (Å²) in [5.41, 5.74) is 5.74. The quantitative estimate of drug-likeness (QED) is 0.817. The van der Waals surface area contributed by atoms with Gasteiger partial charge in [-0.25, -0.2) is 21.8 Å². The number of halogens is 1. The van der Waals surface area contributed by atoms with E-state index < -0.39 is 19.9 Å². The summed E-state index contributed by atoms with van der Waals surface area (Å²) in [6.45, 7) is 2.67. The van der Waals surface area contributed by atoms with Crippen LogP contribution in [0, 0.1) is 5.92 Å². The summed E-state index contributed by atoms with van der Waals surface area (Å²) >= 11 is 0. The molecule has 1 aliphatic heterocycles. The Labute approximate surface area is 143 Å². The van der Waals surface area contributed by atoms with Gasteiger partial charge in [-0.05, 0) is 30.9 Å². The van der Waals surface area contributed by atoms with Crippen molar-refractivity contribution in [3.63, 3.8) is 0 Å². The van der Waals surface area contributed by atoms with Gasteiger partial charge in [-0.1, -0.05) is 6.92 Å². The normalized spacial score (nSPS) is 23.3. The van der Waals surface area contributed by atoms with Crippen LogP contribution < -0.4 is 5.73 Å². The molecule has 0 saturated carbocycles. The molecule has 1 aliphatic rings. The predicted molar refractivity (Wildman–Crippen MR) is 89.7 cm³/mol. The van der Waals surface area contributed by atoms with E-state index in [0.29, 0.717) is 6.54 Å².